The Hall–Kier alpha value is -0.520. The van der Waals surface area contributed by atoms with Gasteiger partial charge in [-0.25, -0.2) is 4.98 Å². The number of hydrogen-bond donors (Lipinski definition) is 0. The Morgan fingerprint density at radius 1 is 1.33 bits per heavy atom. The van der Waals surface area contributed by atoms with Crippen LogP contribution in [0.5, 0.6) is 0 Å². The van der Waals surface area contributed by atoms with Crippen LogP contribution in [0.3, 0.4) is 0 Å². The van der Waals surface area contributed by atoms with Gasteiger partial charge in [-0.05, 0) is 31.0 Å². The van der Waals surface area contributed by atoms with Gasteiger partial charge in [-0.3, -0.25) is 4.21 Å². The van der Waals surface area contributed by atoms with Crippen LogP contribution in [0.2, 0.25) is 0 Å². The average Bonchev–Trinajstić information content (AvgIpc) is 2.70. The molecule has 0 bridgehead atoms. The number of nitrogens with zero attached hydrogens (tertiary/aromatic N) is 1. The number of aromatic nitrogens is 1. The first kappa shape index (κ1) is 13.9. The molecule has 1 heterocycles. The molecule has 0 aliphatic heterocycles. The lowest BCUT2D eigenvalue weighted by Crippen LogP contribution is -2.00. The summed E-state index contributed by atoms with van der Waals surface area (Å²) in [7, 11) is -0.878. The van der Waals surface area contributed by atoms with Crippen LogP contribution in [-0.2, 0) is 22.3 Å². The summed E-state index contributed by atoms with van der Waals surface area (Å²) in [5, 5.41) is 1.03. The normalized spacial score (nSPS) is 12.6. The van der Waals surface area contributed by atoms with Crippen molar-refractivity contribution >= 4 is 38.1 Å². The number of benzene rings is 1. The highest BCUT2D eigenvalue weighted by molar-refractivity contribution is 9.10. The lowest BCUT2D eigenvalue weighted by Gasteiger charge is -2.06. The van der Waals surface area contributed by atoms with Crippen LogP contribution in [0.4, 0.5) is 0 Å². The highest BCUT2D eigenvalue weighted by Crippen LogP contribution is 2.22. The van der Waals surface area contributed by atoms with Gasteiger partial charge in [0.2, 0.25) is 0 Å². The van der Waals surface area contributed by atoms with E-state index < -0.39 is 10.8 Å². The van der Waals surface area contributed by atoms with E-state index in [1.807, 2.05) is 38.2 Å². The van der Waals surface area contributed by atoms with Gasteiger partial charge in [-0.15, -0.1) is 11.3 Å². The first-order valence-electron chi connectivity index (χ1n) is 5.56. The van der Waals surface area contributed by atoms with E-state index in [4.69, 9.17) is 0 Å². The Morgan fingerprint density at radius 3 is 2.78 bits per heavy atom. The van der Waals surface area contributed by atoms with Crippen LogP contribution in [0.25, 0.3) is 0 Å². The molecule has 0 aliphatic rings. The van der Waals surface area contributed by atoms with Gasteiger partial charge in [0.1, 0.15) is 0 Å². The maximum absolute atomic E-state index is 12.1. The van der Waals surface area contributed by atoms with Gasteiger partial charge in [0.15, 0.2) is 0 Å². The topological polar surface area (TPSA) is 30.0 Å². The van der Waals surface area contributed by atoms with Gasteiger partial charge in [-0.2, -0.15) is 0 Å². The van der Waals surface area contributed by atoms with E-state index in [1.54, 1.807) is 11.3 Å². The van der Waals surface area contributed by atoms with Gasteiger partial charge in [0, 0.05) is 32.1 Å². The fourth-order valence-corrected chi connectivity index (χ4v) is 4.44. The van der Waals surface area contributed by atoms with Crippen molar-refractivity contribution in [2.75, 3.05) is 0 Å². The molecule has 0 saturated carbocycles. The van der Waals surface area contributed by atoms with E-state index in [0.29, 0.717) is 11.5 Å². The maximum atomic E-state index is 12.1. The fraction of sp³-hybridized carbons (Fsp3) is 0.308. The first-order valence-corrected chi connectivity index (χ1v) is 8.66. The van der Waals surface area contributed by atoms with Gasteiger partial charge in [0.05, 0.1) is 10.8 Å². The zero-order chi connectivity index (χ0) is 13.1. The van der Waals surface area contributed by atoms with Crippen molar-refractivity contribution in [3.8, 4) is 0 Å². The quantitative estimate of drug-likeness (QED) is 0.840. The zero-order valence-electron chi connectivity index (χ0n) is 10.3. The molecule has 0 amide bonds. The summed E-state index contributed by atoms with van der Waals surface area (Å²) in [5.74, 6) is 1.19. The van der Waals surface area contributed by atoms with Gasteiger partial charge < -0.3 is 0 Å². The van der Waals surface area contributed by atoms with Crippen LogP contribution >= 0.6 is 27.3 Å². The highest BCUT2D eigenvalue weighted by Gasteiger charge is 2.09. The first-order chi connectivity index (χ1) is 8.56. The van der Waals surface area contributed by atoms with Gasteiger partial charge in [-0.1, -0.05) is 28.1 Å². The fourth-order valence-electron chi connectivity index (χ4n) is 1.66. The molecule has 5 heteroatoms. The summed E-state index contributed by atoms with van der Waals surface area (Å²) in [6.07, 6.45) is 1.83. The second-order valence-corrected chi connectivity index (χ2v) is 7.73. The van der Waals surface area contributed by atoms with Crippen molar-refractivity contribution in [3.05, 3.63) is 49.9 Å². The molecule has 1 atom stereocenters. The summed E-state index contributed by atoms with van der Waals surface area (Å²) in [5.41, 5.74) is 2.32. The Labute approximate surface area is 122 Å². The molecule has 2 rings (SSSR count). The SMILES string of the molecule is Cc1ncc(C[S@@](=O)Cc2cccc(Br)c2C)s1. The lowest BCUT2D eigenvalue weighted by molar-refractivity contribution is 0.682. The van der Waals surface area contributed by atoms with Crippen molar-refractivity contribution in [1.29, 1.82) is 0 Å². The van der Waals surface area contributed by atoms with Crippen molar-refractivity contribution in [3.63, 3.8) is 0 Å². The summed E-state index contributed by atoms with van der Waals surface area (Å²) < 4.78 is 13.2. The molecule has 2 aromatic rings. The molecule has 96 valence electrons. The molecule has 0 saturated heterocycles. The minimum Gasteiger partial charge on any atom is -0.259 e. The van der Waals surface area contributed by atoms with Gasteiger partial charge >= 0.3 is 0 Å². The third-order valence-electron chi connectivity index (χ3n) is 2.67. The molecule has 0 unspecified atom stereocenters. The number of halogens is 1. The molecule has 0 radical (unpaired) electrons. The van der Waals surface area contributed by atoms with Crippen molar-refractivity contribution in [2.24, 2.45) is 0 Å². The second-order valence-electron chi connectivity index (χ2n) is 4.10. The Balaban J connectivity index is 2.05. The number of aryl methyl sites for hydroxylation is 1. The largest absolute Gasteiger partial charge is 0.259 e. The third-order valence-corrected chi connectivity index (χ3v) is 5.89. The maximum Gasteiger partial charge on any atom is 0.0897 e. The van der Waals surface area contributed by atoms with E-state index in [2.05, 4.69) is 20.9 Å². The monoisotopic (exact) mass is 343 g/mol. The van der Waals surface area contributed by atoms with Gasteiger partial charge in [0.25, 0.3) is 0 Å². The van der Waals surface area contributed by atoms with E-state index in [0.717, 1.165) is 19.9 Å². The van der Waals surface area contributed by atoms with E-state index in [-0.39, 0.29) is 0 Å². The minimum absolute atomic E-state index is 0.595. The Morgan fingerprint density at radius 2 is 2.11 bits per heavy atom. The Kier molecular flexibility index (Phi) is 4.70. The number of thiazole rings is 1. The van der Waals surface area contributed by atoms with E-state index >= 15 is 0 Å². The standard InChI is InChI=1S/C13H14BrNOS2/c1-9-11(4-3-5-13(9)14)7-18(16)8-12-6-15-10(2)17-12/h3-6H,7-8H2,1-2H3/t18-/m0/s1. The number of rotatable bonds is 4. The van der Waals surface area contributed by atoms with E-state index in [1.165, 1.54) is 5.56 Å². The molecule has 1 aromatic carbocycles. The molecule has 0 fully saturated rings. The molecule has 2 nitrogen and oxygen atoms in total. The molecule has 0 spiro atoms. The van der Waals surface area contributed by atoms with Crippen LogP contribution in [0, 0.1) is 13.8 Å². The Bertz CT molecular complexity index is 580. The third kappa shape index (κ3) is 3.49. The molecule has 0 N–H and O–H groups in total. The predicted molar refractivity (Wildman–Crippen MR) is 81.3 cm³/mol. The predicted octanol–water partition coefficient (Wildman–Crippen LogP) is 3.97. The smallest absolute Gasteiger partial charge is 0.0897 e. The van der Waals surface area contributed by atoms with Crippen molar-refractivity contribution in [2.45, 2.75) is 25.4 Å². The summed E-state index contributed by atoms with van der Waals surface area (Å²) in [6, 6.07) is 6.03. The van der Waals surface area contributed by atoms with Crippen molar-refractivity contribution < 1.29 is 4.21 Å². The second kappa shape index (κ2) is 6.08. The zero-order valence-corrected chi connectivity index (χ0v) is 13.5. The average molecular weight is 344 g/mol. The minimum atomic E-state index is -0.878. The lowest BCUT2D eigenvalue weighted by atomic mass is 10.1. The molecule has 0 aliphatic carbocycles. The summed E-state index contributed by atoms with van der Waals surface area (Å²) in [4.78, 5) is 5.28. The number of hydrogen-bond acceptors (Lipinski definition) is 3. The van der Waals surface area contributed by atoms with Crippen LogP contribution < -0.4 is 0 Å². The summed E-state index contributed by atoms with van der Waals surface area (Å²) in [6.45, 7) is 4.02. The molecular formula is C13H14BrNOS2. The van der Waals surface area contributed by atoms with Crippen LogP contribution in [0.1, 0.15) is 21.0 Å². The molecule has 18 heavy (non-hydrogen) atoms. The summed E-state index contributed by atoms with van der Waals surface area (Å²) >= 11 is 5.12. The molecule has 1 aromatic heterocycles. The van der Waals surface area contributed by atoms with Crippen molar-refractivity contribution in [1.82, 2.24) is 4.98 Å². The van der Waals surface area contributed by atoms with Crippen LogP contribution in [-0.4, -0.2) is 9.19 Å². The van der Waals surface area contributed by atoms with Crippen LogP contribution in [0.15, 0.2) is 28.9 Å². The molecular weight excluding hydrogens is 330 g/mol. The van der Waals surface area contributed by atoms with E-state index in [9.17, 15) is 4.21 Å². The highest BCUT2D eigenvalue weighted by atomic mass is 79.9.